The normalized spacial score (nSPS) is 32.6. The minimum absolute atomic E-state index is 0.154. The molecule has 2 heterocycles. The van der Waals surface area contributed by atoms with Gasteiger partial charge in [-0.15, -0.1) is 11.3 Å². The Morgan fingerprint density at radius 3 is 3.00 bits per heavy atom. The molecule has 0 saturated carbocycles. The molecule has 1 aromatic rings. The third-order valence-electron chi connectivity index (χ3n) is 3.00. The van der Waals surface area contributed by atoms with Gasteiger partial charge in [0.2, 0.25) is 0 Å². The van der Waals surface area contributed by atoms with Crippen LogP contribution in [0.15, 0.2) is 11.4 Å². The van der Waals surface area contributed by atoms with Crippen LogP contribution in [-0.2, 0) is 4.74 Å². The van der Waals surface area contributed by atoms with E-state index in [0.717, 1.165) is 17.5 Å². The van der Waals surface area contributed by atoms with Gasteiger partial charge in [-0.1, -0.05) is 18.5 Å². The van der Waals surface area contributed by atoms with Gasteiger partial charge in [-0.2, -0.15) is 0 Å². The summed E-state index contributed by atoms with van der Waals surface area (Å²) >= 11 is 7.48. The van der Waals surface area contributed by atoms with Gasteiger partial charge in [0.1, 0.15) is 0 Å². The molecule has 3 unspecified atom stereocenters. The van der Waals surface area contributed by atoms with Crippen molar-refractivity contribution in [2.45, 2.75) is 26.0 Å². The van der Waals surface area contributed by atoms with Crippen LogP contribution in [0.2, 0.25) is 4.34 Å². The lowest BCUT2D eigenvalue weighted by atomic mass is 10.1. The maximum Gasteiger partial charge on any atom is 0.0957 e. The van der Waals surface area contributed by atoms with Crippen molar-refractivity contribution in [2.75, 3.05) is 13.2 Å². The van der Waals surface area contributed by atoms with E-state index < -0.39 is 0 Å². The van der Waals surface area contributed by atoms with E-state index in [1.165, 1.54) is 5.56 Å². The molecule has 1 saturated heterocycles. The van der Waals surface area contributed by atoms with E-state index in [-0.39, 0.29) is 6.10 Å². The van der Waals surface area contributed by atoms with Gasteiger partial charge < -0.3 is 10.1 Å². The van der Waals surface area contributed by atoms with Crippen LogP contribution in [0.3, 0.4) is 0 Å². The molecule has 0 aromatic carbocycles. The largest absolute Gasteiger partial charge is 0.372 e. The predicted octanol–water partition coefficient (Wildman–Crippen LogP) is 3.09. The summed E-state index contributed by atoms with van der Waals surface area (Å²) in [7, 11) is 0. The standard InChI is InChI=1S/C11H16ClNOS/c1-7-5-14-10(4-13-8(7)2)9-3-11(12)15-6-9/h3,6-8,10,13H,4-5H2,1-2H3. The Morgan fingerprint density at radius 2 is 2.33 bits per heavy atom. The molecular formula is C11H16ClNOS. The first-order chi connectivity index (χ1) is 7.16. The molecule has 1 aliphatic rings. The summed E-state index contributed by atoms with van der Waals surface area (Å²) in [5, 5.41) is 5.57. The number of hydrogen-bond acceptors (Lipinski definition) is 3. The minimum Gasteiger partial charge on any atom is -0.372 e. The van der Waals surface area contributed by atoms with Gasteiger partial charge in [-0.3, -0.25) is 0 Å². The summed E-state index contributed by atoms with van der Waals surface area (Å²) in [6, 6.07) is 2.52. The average Bonchev–Trinajstić information content (AvgIpc) is 2.56. The topological polar surface area (TPSA) is 21.3 Å². The summed E-state index contributed by atoms with van der Waals surface area (Å²) in [6.07, 6.45) is 0.154. The van der Waals surface area contributed by atoms with E-state index >= 15 is 0 Å². The lowest BCUT2D eigenvalue weighted by Crippen LogP contribution is -2.32. The summed E-state index contributed by atoms with van der Waals surface area (Å²) in [4.78, 5) is 0. The van der Waals surface area contributed by atoms with Gasteiger partial charge >= 0.3 is 0 Å². The van der Waals surface area contributed by atoms with Crippen LogP contribution >= 0.6 is 22.9 Å². The van der Waals surface area contributed by atoms with Crippen molar-refractivity contribution in [3.8, 4) is 0 Å². The van der Waals surface area contributed by atoms with Crippen LogP contribution in [0.5, 0.6) is 0 Å². The maximum atomic E-state index is 5.92. The number of nitrogens with one attached hydrogen (secondary N) is 1. The molecule has 15 heavy (non-hydrogen) atoms. The minimum atomic E-state index is 0.154. The molecule has 84 valence electrons. The zero-order valence-corrected chi connectivity index (χ0v) is 10.6. The Labute approximate surface area is 99.6 Å². The fraction of sp³-hybridized carbons (Fsp3) is 0.636. The van der Waals surface area contributed by atoms with Crippen LogP contribution in [-0.4, -0.2) is 19.2 Å². The van der Waals surface area contributed by atoms with Gasteiger partial charge in [-0.25, -0.2) is 0 Å². The van der Waals surface area contributed by atoms with Crippen LogP contribution in [0, 0.1) is 5.92 Å². The molecule has 1 aromatic heterocycles. The molecule has 0 bridgehead atoms. The zero-order valence-electron chi connectivity index (χ0n) is 9.00. The van der Waals surface area contributed by atoms with Gasteiger partial charge in [-0.05, 0) is 29.9 Å². The summed E-state index contributed by atoms with van der Waals surface area (Å²) in [5.74, 6) is 0.559. The molecule has 0 aliphatic carbocycles. The fourth-order valence-corrected chi connectivity index (χ4v) is 2.60. The Balaban J connectivity index is 2.05. The van der Waals surface area contributed by atoms with Crippen LogP contribution in [0.4, 0.5) is 0 Å². The van der Waals surface area contributed by atoms with Gasteiger partial charge in [0.15, 0.2) is 0 Å². The smallest absolute Gasteiger partial charge is 0.0957 e. The summed E-state index contributed by atoms with van der Waals surface area (Å²) in [5.41, 5.74) is 1.19. The van der Waals surface area contributed by atoms with Crippen molar-refractivity contribution in [3.63, 3.8) is 0 Å². The highest BCUT2D eigenvalue weighted by Gasteiger charge is 2.22. The zero-order chi connectivity index (χ0) is 10.8. The number of halogens is 1. The SMILES string of the molecule is CC1COC(c2csc(Cl)c2)CNC1C. The molecule has 0 spiro atoms. The van der Waals surface area contributed by atoms with Crippen molar-refractivity contribution in [1.82, 2.24) is 5.32 Å². The third-order valence-corrected chi connectivity index (χ3v) is 4.11. The number of rotatable bonds is 1. The predicted molar refractivity (Wildman–Crippen MR) is 64.7 cm³/mol. The highest BCUT2D eigenvalue weighted by molar-refractivity contribution is 7.14. The molecule has 1 fully saturated rings. The van der Waals surface area contributed by atoms with E-state index in [0.29, 0.717) is 12.0 Å². The number of ether oxygens (including phenoxy) is 1. The molecule has 3 atom stereocenters. The first-order valence-corrected chi connectivity index (χ1v) is 6.51. The van der Waals surface area contributed by atoms with Gasteiger partial charge in [0.25, 0.3) is 0 Å². The third kappa shape index (κ3) is 2.72. The molecule has 2 rings (SSSR count). The van der Waals surface area contributed by atoms with Gasteiger partial charge in [0, 0.05) is 12.6 Å². The molecule has 2 nitrogen and oxygen atoms in total. The average molecular weight is 246 g/mol. The highest BCUT2D eigenvalue weighted by atomic mass is 35.5. The van der Waals surface area contributed by atoms with Crippen LogP contribution in [0.25, 0.3) is 0 Å². The molecule has 1 N–H and O–H groups in total. The van der Waals surface area contributed by atoms with Crippen LogP contribution in [0.1, 0.15) is 25.5 Å². The molecule has 0 radical (unpaired) electrons. The second-order valence-electron chi connectivity index (χ2n) is 4.18. The van der Waals surface area contributed by atoms with Gasteiger partial charge in [0.05, 0.1) is 17.0 Å². The quantitative estimate of drug-likeness (QED) is 0.821. The van der Waals surface area contributed by atoms with E-state index in [1.807, 2.05) is 6.07 Å². The first-order valence-electron chi connectivity index (χ1n) is 5.25. The lowest BCUT2D eigenvalue weighted by molar-refractivity contribution is 0.0499. The Kier molecular flexibility index (Phi) is 3.67. The van der Waals surface area contributed by atoms with E-state index in [1.54, 1.807) is 11.3 Å². The molecule has 4 heteroatoms. The van der Waals surface area contributed by atoms with E-state index in [9.17, 15) is 0 Å². The number of thiophene rings is 1. The summed E-state index contributed by atoms with van der Waals surface area (Å²) in [6.45, 7) is 6.10. The summed E-state index contributed by atoms with van der Waals surface area (Å²) < 4.78 is 6.70. The fourth-order valence-electron chi connectivity index (χ4n) is 1.67. The van der Waals surface area contributed by atoms with Crippen molar-refractivity contribution in [1.29, 1.82) is 0 Å². The molecular weight excluding hydrogens is 230 g/mol. The van der Waals surface area contributed by atoms with E-state index in [2.05, 4.69) is 24.5 Å². The van der Waals surface area contributed by atoms with Crippen LogP contribution < -0.4 is 5.32 Å². The monoisotopic (exact) mass is 245 g/mol. The van der Waals surface area contributed by atoms with Crippen molar-refractivity contribution >= 4 is 22.9 Å². The highest BCUT2D eigenvalue weighted by Crippen LogP contribution is 2.28. The number of hydrogen-bond donors (Lipinski definition) is 1. The maximum absolute atomic E-state index is 5.92. The lowest BCUT2D eigenvalue weighted by Gasteiger charge is -2.15. The van der Waals surface area contributed by atoms with Crippen molar-refractivity contribution < 1.29 is 4.74 Å². The molecule has 0 amide bonds. The Bertz CT molecular complexity index is 316. The molecule has 1 aliphatic heterocycles. The second-order valence-corrected chi connectivity index (χ2v) is 5.72. The Hall–Kier alpha value is -0.0900. The van der Waals surface area contributed by atoms with E-state index in [4.69, 9.17) is 16.3 Å². The van der Waals surface area contributed by atoms with Crippen molar-refractivity contribution in [2.24, 2.45) is 5.92 Å². The first kappa shape index (κ1) is 11.4. The van der Waals surface area contributed by atoms with Crippen molar-refractivity contribution in [3.05, 3.63) is 21.3 Å². The Morgan fingerprint density at radius 1 is 1.53 bits per heavy atom. The second kappa shape index (κ2) is 4.83.